The molecule has 1 atom stereocenters. The first kappa shape index (κ1) is 13.8. The molecular formula is C16H18O2S. The van der Waals surface area contributed by atoms with E-state index in [0.717, 1.165) is 17.7 Å². The highest BCUT2D eigenvalue weighted by molar-refractivity contribution is 7.84. The van der Waals surface area contributed by atoms with Gasteiger partial charge in [0.2, 0.25) is 0 Å². The van der Waals surface area contributed by atoms with E-state index in [4.69, 9.17) is 4.74 Å². The minimum atomic E-state index is -0.837. The quantitative estimate of drug-likeness (QED) is 0.808. The van der Waals surface area contributed by atoms with E-state index < -0.39 is 10.8 Å². The number of benzene rings is 2. The second-order valence-corrected chi connectivity index (χ2v) is 5.95. The predicted octanol–water partition coefficient (Wildman–Crippen LogP) is 3.19. The van der Waals surface area contributed by atoms with Gasteiger partial charge in [-0.25, -0.2) is 0 Å². The van der Waals surface area contributed by atoms with Crippen LogP contribution in [0.5, 0.6) is 5.75 Å². The van der Waals surface area contributed by atoms with Gasteiger partial charge in [-0.05, 0) is 29.7 Å². The highest BCUT2D eigenvalue weighted by Gasteiger charge is 2.03. The number of rotatable bonds is 6. The first-order valence-electron chi connectivity index (χ1n) is 6.30. The summed E-state index contributed by atoms with van der Waals surface area (Å²) in [6.45, 7) is 0. The van der Waals surface area contributed by atoms with E-state index >= 15 is 0 Å². The Morgan fingerprint density at radius 1 is 1.00 bits per heavy atom. The predicted molar refractivity (Wildman–Crippen MR) is 79.9 cm³/mol. The highest BCUT2D eigenvalue weighted by Crippen LogP contribution is 2.14. The first-order valence-corrected chi connectivity index (χ1v) is 7.78. The van der Waals surface area contributed by atoms with E-state index in [1.54, 1.807) is 7.11 Å². The molecule has 0 aliphatic rings. The highest BCUT2D eigenvalue weighted by atomic mass is 32.2. The standard InChI is InChI=1S/C16H18O2S/c1-18-16-9-5-8-15(12-16)13-19(17)11-10-14-6-3-2-4-7-14/h2-9,12H,10-11,13H2,1H3. The molecule has 0 saturated carbocycles. The molecular weight excluding hydrogens is 256 g/mol. The summed E-state index contributed by atoms with van der Waals surface area (Å²) in [6.07, 6.45) is 0.859. The van der Waals surface area contributed by atoms with Gasteiger partial charge in [-0.2, -0.15) is 0 Å². The van der Waals surface area contributed by atoms with Gasteiger partial charge in [0.05, 0.1) is 7.11 Å². The zero-order valence-corrected chi connectivity index (χ0v) is 11.9. The van der Waals surface area contributed by atoms with Gasteiger partial charge in [-0.3, -0.25) is 4.21 Å². The Kier molecular flexibility index (Phi) is 5.16. The summed E-state index contributed by atoms with van der Waals surface area (Å²) in [7, 11) is 0.807. The third-order valence-corrected chi connectivity index (χ3v) is 4.24. The molecule has 19 heavy (non-hydrogen) atoms. The number of aryl methyl sites for hydroxylation is 1. The fourth-order valence-electron chi connectivity index (χ4n) is 1.90. The number of hydrogen-bond donors (Lipinski definition) is 0. The first-order chi connectivity index (χ1) is 9.28. The smallest absolute Gasteiger partial charge is 0.119 e. The van der Waals surface area contributed by atoms with Crippen LogP contribution in [0.1, 0.15) is 11.1 Å². The van der Waals surface area contributed by atoms with E-state index in [2.05, 4.69) is 12.1 Å². The number of methoxy groups -OCH3 is 1. The maximum Gasteiger partial charge on any atom is 0.119 e. The maximum atomic E-state index is 12.1. The fourth-order valence-corrected chi connectivity index (χ4v) is 3.06. The fraction of sp³-hybridized carbons (Fsp3) is 0.250. The average Bonchev–Trinajstić information content (AvgIpc) is 2.46. The molecule has 2 rings (SSSR count). The van der Waals surface area contributed by atoms with Crippen molar-refractivity contribution in [2.45, 2.75) is 12.2 Å². The summed E-state index contributed by atoms with van der Waals surface area (Å²) in [5, 5.41) is 0. The molecule has 0 fully saturated rings. The van der Waals surface area contributed by atoms with Crippen LogP contribution in [0.2, 0.25) is 0 Å². The monoisotopic (exact) mass is 274 g/mol. The topological polar surface area (TPSA) is 26.3 Å². The summed E-state index contributed by atoms with van der Waals surface area (Å²) in [5.74, 6) is 2.10. The Morgan fingerprint density at radius 2 is 1.74 bits per heavy atom. The van der Waals surface area contributed by atoms with Gasteiger partial charge < -0.3 is 4.74 Å². The van der Waals surface area contributed by atoms with Gasteiger partial charge in [0, 0.05) is 22.3 Å². The normalized spacial score (nSPS) is 12.1. The Hall–Kier alpha value is -1.61. The molecule has 0 spiro atoms. The molecule has 0 radical (unpaired) electrons. The van der Waals surface area contributed by atoms with Crippen molar-refractivity contribution in [1.29, 1.82) is 0 Å². The summed E-state index contributed by atoms with van der Waals surface area (Å²) >= 11 is 0. The van der Waals surface area contributed by atoms with Crippen molar-refractivity contribution >= 4 is 10.8 Å². The van der Waals surface area contributed by atoms with E-state index in [1.165, 1.54) is 5.56 Å². The third-order valence-electron chi connectivity index (χ3n) is 2.92. The van der Waals surface area contributed by atoms with E-state index in [9.17, 15) is 4.21 Å². The lowest BCUT2D eigenvalue weighted by Gasteiger charge is -2.05. The number of hydrogen-bond acceptors (Lipinski definition) is 2. The Morgan fingerprint density at radius 3 is 2.47 bits per heavy atom. The van der Waals surface area contributed by atoms with Crippen LogP contribution in [0.4, 0.5) is 0 Å². The van der Waals surface area contributed by atoms with Crippen LogP contribution in [0, 0.1) is 0 Å². The molecule has 1 unspecified atom stereocenters. The molecule has 0 saturated heterocycles. The van der Waals surface area contributed by atoms with Gasteiger partial charge in [0.1, 0.15) is 5.75 Å². The van der Waals surface area contributed by atoms with Crippen molar-refractivity contribution in [1.82, 2.24) is 0 Å². The minimum absolute atomic E-state index is 0.587. The molecule has 2 nitrogen and oxygen atoms in total. The lowest BCUT2D eigenvalue weighted by Crippen LogP contribution is -2.04. The van der Waals surface area contributed by atoms with Crippen molar-refractivity contribution in [2.75, 3.05) is 12.9 Å². The largest absolute Gasteiger partial charge is 0.497 e. The zero-order chi connectivity index (χ0) is 13.5. The Balaban J connectivity index is 1.87. The summed E-state index contributed by atoms with van der Waals surface area (Å²) < 4.78 is 17.2. The minimum Gasteiger partial charge on any atom is -0.497 e. The number of ether oxygens (including phenoxy) is 1. The van der Waals surface area contributed by atoms with Crippen molar-refractivity contribution in [3.63, 3.8) is 0 Å². The van der Waals surface area contributed by atoms with Crippen LogP contribution in [-0.2, 0) is 23.0 Å². The van der Waals surface area contributed by atoms with Gasteiger partial charge >= 0.3 is 0 Å². The zero-order valence-electron chi connectivity index (χ0n) is 11.0. The molecule has 3 heteroatoms. The summed E-state index contributed by atoms with van der Waals surface area (Å²) in [5.41, 5.74) is 2.30. The molecule has 2 aromatic rings. The van der Waals surface area contributed by atoms with Crippen molar-refractivity contribution in [3.05, 3.63) is 65.7 Å². The molecule has 0 aliphatic carbocycles. The van der Waals surface area contributed by atoms with E-state index in [0.29, 0.717) is 11.5 Å². The van der Waals surface area contributed by atoms with Crippen LogP contribution >= 0.6 is 0 Å². The van der Waals surface area contributed by atoms with Crippen LogP contribution in [0.3, 0.4) is 0 Å². The summed E-state index contributed by atoms with van der Waals surface area (Å²) in [6, 6.07) is 17.9. The van der Waals surface area contributed by atoms with Gasteiger partial charge in [0.25, 0.3) is 0 Å². The average molecular weight is 274 g/mol. The molecule has 0 heterocycles. The van der Waals surface area contributed by atoms with E-state index in [-0.39, 0.29) is 0 Å². The van der Waals surface area contributed by atoms with Gasteiger partial charge in [-0.15, -0.1) is 0 Å². The van der Waals surface area contributed by atoms with Crippen LogP contribution < -0.4 is 4.74 Å². The molecule has 0 N–H and O–H groups in total. The SMILES string of the molecule is COc1cccc(CS(=O)CCc2ccccc2)c1. The van der Waals surface area contributed by atoms with Crippen molar-refractivity contribution in [3.8, 4) is 5.75 Å². The van der Waals surface area contributed by atoms with Gasteiger partial charge in [0.15, 0.2) is 0 Å². The lowest BCUT2D eigenvalue weighted by atomic mass is 10.2. The molecule has 0 bridgehead atoms. The van der Waals surface area contributed by atoms with Crippen LogP contribution in [-0.4, -0.2) is 17.1 Å². The van der Waals surface area contributed by atoms with Crippen molar-refractivity contribution < 1.29 is 8.95 Å². The molecule has 2 aromatic carbocycles. The second kappa shape index (κ2) is 7.10. The van der Waals surface area contributed by atoms with Crippen LogP contribution in [0.15, 0.2) is 54.6 Å². The molecule has 0 amide bonds. The van der Waals surface area contributed by atoms with Gasteiger partial charge in [-0.1, -0.05) is 42.5 Å². The summed E-state index contributed by atoms with van der Waals surface area (Å²) in [4.78, 5) is 0. The third kappa shape index (κ3) is 4.52. The molecule has 0 aliphatic heterocycles. The van der Waals surface area contributed by atoms with Crippen molar-refractivity contribution in [2.24, 2.45) is 0 Å². The molecule has 100 valence electrons. The lowest BCUT2D eigenvalue weighted by molar-refractivity contribution is 0.414. The molecule has 0 aromatic heterocycles. The maximum absolute atomic E-state index is 12.1. The van der Waals surface area contributed by atoms with Crippen LogP contribution in [0.25, 0.3) is 0 Å². The Bertz CT molecular complexity index is 537. The second-order valence-electron chi connectivity index (χ2n) is 4.38. The van der Waals surface area contributed by atoms with E-state index in [1.807, 2.05) is 42.5 Å². The Labute approximate surface area is 116 Å².